The fourth-order valence-corrected chi connectivity index (χ4v) is 6.57. The Morgan fingerprint density at radius 3 is 1.32 bits per heavy atom. The highest BCUT2D eigenvalue weighted by atomic mass is 16.6. The van der Waals surface area contributed by atoms with Crippen LogP contribution in [-0.2, 0) is 23.8 Å². The van der Waals surface area contributed by atoms with Gasteiger partial charge in [0.25, 0.3) is 0 Å². The van der Waals surface area contributed by atoms with E-state index in [9.17, 15) is 14.4 Å². The Hall–Kier alpha value is -1.87. The third kappa shape index (κ3) is 39.6. The molecule has 0 aliphatic carbocycles. The van der Waals surface area contributed by atoms with Gasteiger partial charge in [0.05, 0.1) is 13.2 Å². The lowest BCUT2D eigenvalue weighted by atomic mass is 10.1. The Kier molecular flexibility index (Phi) is 38.4. The van der Waals surface area contributed by atoms with E-state index < -0.39 is 6.09 Å². The maximum Gasteiger partial charge on any atom is 0.407 e. The van der Waals surface area contributed by atoms with Gasteiger partial charge in [-0.25, -0.2) is 4.79 Å². The first-order valence-corrected chi connectivity index (χ1v) is 22.4. The van der Waals surface area contributed by atoms with E-state index in [4.69, 9.17) is 14.2 Å². The molecule has 0 saturated heterocycles. The van der Waals surface area contributed by atoms with E-state index in [1.807, 2.05) is 0 Å². The van der Waals surface area contributed by atoms with Gasteiger partial charge in [-0.15, -0.1) is 0 Å². The summed E-state index contributed by atoms with van der Waals surface area (Å²) in [6.07, 6.45) is 30.5. The predicted molar refractivity (Wildman–Crippen MR) is 221 cm³/mol. The molecule has 0 bridgehead atoms. The number of esters is 2. The van der Waals surface area contributed by atoms with E-state index in [1.165, 1.54) is 109 Å². The molecule has 0 aliphatic heterocycles. The molecule has 0 fully saturated rings. The number of carbonyl (C=O) groups excluding carboxylic acids is 3. The summed E-state index contributed by atoms with van der Waals surface area (Å²) < 4.78 is 16.8. The van der Waals surface area contributed by atoms with Gasteiger partial charge >= 0.3 is 18.0 Å². The van der Waals surface area contributed by atoms with Crippen molar-refractivity contribution in [3.05, 3.63) is 0 Å². The Bertz CT molecular complexity index is 783. The van der Waals surface area contributed by atoms with Crippen LogP contribution in [0.5, 0.6) is 0 Å². The number of carbonyl (C=O) groups is 3. The van der Waals surface area contributed by atoms with E-state index in [2.05, 4.69) is 50.1 Å². The van der Waals surface area contributed by atoms with Crippen LogP contribution in [0.3, 0.4) is 0 Å². The molecule has 1 amide bonds. The number of amides is 1. The van der Waals surface area contributed by atoms with E-state index in [1.54, 1.807) is 0 Å². The third-order valence-corrected chi connectivity index (χ3v) is 9.99. The molecule has 0 spiro atoms. The lowest BCUT2D eigenvalue weighted by molar-refractivity contribution is -0.144. The van der Waals surface area contributed by atoms with Gasteiger partial charge in [0.1, 0.15) is 6.10 Å². The van der Waals surface area contributed by atoms with Gasteiger partial charge in [0.15, 0.2) is 0 Å². The molecule has 0 radical (unpaired) electrons. The molecule has 0 rings (SSSR count). The predicted octanol–water partition coefficient (Wildman–Crippen LogP) is 11.0. The van der Waals surface area contributed by atoms with Crippen LogP contribution in [-0.4, -0.2) is 94.5 Å². The van der Waals surface area contributed by atoms with E-state index >= 15 is 0 Å². The van der Waals surface area contributed by atoms with Gasteiger partial charge in [0.2, 0.25) is 0 Å². The van der Waals surface area contributed by atoms with Crippen molar-refractivity contribution in [1.29, 1.82) is 0 Å². The second kappa shape index (κ2) is 39.8. The molecule has 0 unspecified atom stereocenters. The first-order valence-electron chi connectivity index (χ1n) is 22.4. The normalized spacial score (nSPS) is 11.5. The molecule has 0 aromatic rings. The monoisotopic (exact) mass is 754 g/mol. The fourth-order valence-electron chi connectivity index (χ4n) is 6.57. The number of hydrogen-bond donors (Lipinski definition) is 1. The molecule has 9 heteroatoms. The number of hydrogen-bond acceptors (Lipinski definition) is 8. The van der Waals surface area contributed by atoms with Crippen LogP contribution in [0.4, 0.5) is 4.79 Å². The molecular formula is C44H87N3O6. The van der Waals surface area contributed by atoms with Gasteiger partial charge in [-0.05, 0) is 98.6 Å². The zero-order valence-corrected chi connectivity index (χ0v) is 35.7. The number of rotatable bonds is 40. The van der Waals surface area contributed by atoms with Crippen LogP contribution >= 0.6 is 0 Å². The summed E-state index contributed by atoms with van der Waals surface area (Å²) in [7, 11) is 6.32. The van der Waals surface area contributed by atoms with Crippen molar-refractivity contribution in [2.75, 3.05) is 60.5 Å². The van der Waals surface area contributed by atoms with Gasteiger partial charge in [0, 0.05) is 19.4 Å². The Morgan fingerprint density at radius 2 is 0.887 bits per heavy atom. The van der Waals surface area contributed by atoms with Crippen molar-refractivity contribution < 1.29 is 28.6 Å². The molecule has 9 nitrogen and oxygen atoms in total. The first kappa shape index (κ1) is 51.1. The minimum atomic E-state index is -0.417. The van der Waals surface area contributed by atoms with Gasteiger partial charge in [-0.1, -0.05) is 129 Å². The summed E-state index contributed by atoms with van der Waals surface area (Å²) in [6, 6.07) is 0. The van der Waals surface area contributed by atoms with E-state index in [0.29, 0.717) is 58.3 Å². The van der Waals surface area contributed by atoms with E-state index in [-0.39, 0.29) is 18.0 Å². The van der Waals surface area contributed by atoms with Crippen molar-refractivity contribution in [2.24, 2.45) is 0 Å². The summed E-state index contributed by atoms with van der Waals surface area (Å²) >= 11 is 0. The lowest BCUT2D eigenvalue weighted by Gasteiger charge is -2.19. The van der Waals surface area contributed by atoms with Crippen LogP contribution in [0.15, 0.2) is 0 Å². The topological polar surface area (TPSA) is 97.4 Å². The molecule has 314 valence electrons. The highest BCUT2D eigenvalue weighted by molar-refractivity contribution is 5.69. The lowest BCUT2D eigenvalue weighted by Crippen LogP contribution is -2.32. The smallest absolute Gasteiger partial charge is 0.407 e. The second-order valence-corrected chi connectivity index (χ2v) is 15.7. The summed E-state index contributed by atoms with van der Waals surface area (Å²) in [5.74, 6) is -0.284. The van der Waals surface area contributed by atoms with Crippen molar-refractivity contribution in [3.8, 4) is 0 Å². The van der Waals surface area contributed by atoms with Crippen LogP contribution in [0, 0.1) is 0 Å². The molecule has 0 aromatic carbocycles. The highest BCUT2D eigenvalue weighted by Gasteiger charge is 2.16. The molecule has 0 aliphatic rings. The van der Waals surface area contributed by atoms with Crippen molar-refractivity contribution in [2.45, 2.75) is 206 Å². The number of nitrogens with one attached hydrogen (secondary N) is 1. The SMILES string of the molecule is CCCCCCCCCCCCC(=O)OCCCC(CCCOC(=O)CCCCCCCCCCCC)OC(=O)NCCCN(C)CCCCN(C)C. The molecule has 0 heterocycles. The summed E-state index contributed by atoms with van der Waals surface area (Å²) in [6.45, 7) is 8.78. The zero-order valence-electron chi connectivity index (χ0n) is 35.7. The van der Waals surface area contributed by atoms with Crippen LogP contribution in [0.25, 0.3) is 0 Å². The number of ether oxygens (including phenoxy) is 3. The molecule has 0 aromatic heterocycles. The Labute approximate surface area is 327 Å². The Morgan fingerprint density at radius 1 is 0.491 bits per heavy atom. The summed E-state index contributed by atoms with van der Waals surface area (Å²) in [4.78, 5) is 41.8. The van der Waals surface area contributed by atoms with Gasteiger partial charge < -0.3 is 29.3 Å². The summed E-state index contributed by atoms with van der Waals surface area (Å²) in [5, 5.41) is 2.91. The third-order valence-electron chi connectivity index (χ3n) is 9.99. The van der Waals surface area contributed by atoms with Crippen molar-refractivity contribution >= 4 is 18.0 Å². The maximum absolute atomic E-state index is 12.7. The van der Waals surface area contributed by atoms with Crippen LogP contribution < -0.4 is 5.32 Å². The molecule has 1 N–H and O–H groups in total. The first-order chi connectivity index (χ1) is 25.8. The Balaban J connectivity index is 4.36. The summed E-state index contributed by atoms with van der Waals surface area (Å²) in [5.41, 5.74) is 0. The van der Waals surface area contributed by atoms with E-state index in [0.717, 1.165) is 58.2 Å². The number of nitrogens with zero attached hydrogens (tertiary/aromatic N) is 2. The van der Waals surface area contributed by atoms with Gasteiger partial charge in [-0.2, -0.15) is 0 Å². The number of unbranched alkanes of at least 4 members (excludes halogenated alkanes) is 19. The minimum Gasteiger partial charge on any atom is -0.466 e. The fraction of sp³-hybridized carbons (Fsp3) is 0.932. The largest absolute Gasteiger partial charge is 0.466 e. The van der Waals surface area contributed by atoms with Crippen molar-refractivity contribution in [1.82, 2.24) is 15.1 Å². The van der Waals surface area contributed by atoms with Crippen LogP contribution in [0.2, 0.25) is 0 Å². The molecule has 53 heavy (non-hydrogen) atoms. The standard InChI is InChI=1S/C44H87N3O6/c1-6-8-10-12-14-16-18-20-22-24-33-42(48)51-39-28-31-41(53-44(50)45-35-30-38-47(5)37-27-26-36-46(3)4)32-29-40-52-43(49)34-25-23-21-19-17-15-13-11-9-7-2/h41H,6-40H2,1-5H3,(H,45,50). The maximum atomic E-state index is 12.7. The second-order valence-electron chi connectivity index (χ2n) is 15.7. The molecule has 0 atom stereocenters. The zero-order chi connectivity index (χ0) is 39.0. The molecule has 0 saturated carbocycles. The average molecular weight is 754 g/mol. The minimum absolute atomic E-state index is 0.142. The average Bonchev–Trinajstić information content (AvgIpc) is 3.13. The van der Waals surface area contributed by atoms with Crippen molar-refractivity contribution in [3.63, 3.8) is 0 Å². The van der Waals surface area contributed by atoms with Gasteiger partial charge in [-0.3, -0.25) is 9.59 Å². The quantitative estimate of drug-likeness (QED) is 0.0375. The molecular weight excluding hydrogens is 666 g/mol. The van der Waals surface area contributed by atoms with Crippen LogP contribution in [0.1, 0.15) is 200 Å². The highest BCUT2D eigenvalue weighted by Crippen LogP contribution is 2.15. The number of alkyl carbamates (subject to hydrolysis) is 1.